The largest absolute Gasteiger partial charge is 0.382 e. The monoisotopic (exact) mass is 189 g/mol. The van der Waals surface area contributed by atoms with Crippen molar-refractivity contribution in [3.05, 3.63) is 29.8 Å². The number of para-hydroxylation sites is 1. The van der Waals surface area contributed by atoms with E-state index in [1.165, 1.54) is 17.7 Å². The maximum absolute atomic E-state index is 3.60. The molecule has 0 spiro atoms. The van der Waals surface area contributed by atoms with Crippen molar-refractivity contribution < 1.29 is 0 Å². The fourth-order valence-corrected chi connectivity index (χ4v) is 2.33. The second kappa shape index (κ2) is 3.64. The van der Waals surface area contributed by atoms with Gasteiger partial charge in [-0.1, -0.05) is 32.0 Å². The minimum atomic E-state index is 0.584. The van der Waals surface area contributed by atoms with E-state index in [0.717, 1.165) is 5.92 Å². The lowest BCUT2D eigenvalue weighted by atomic mass is 9.90. The van der Waals surface area contributed by atoms with Gasteiger partial charge < -0.3 is 5.32 Å². The van der Waals surface area contributed by atoms with Crippen LogP contribution in [0, 0.1) is 5.92 Å². The van der Waals surface area contributed by atoms with Crippen molar-refractivity contribution in [3.8, 4) is 0 Å². The fourth-order valence-electron chi connectivity index (χ4n) is 2.33. The third-order valence-corrected chi connectivity index (χ3v) is 3.45. The Labute approximate surface area is 86.5 Å². The van der Waals surface area contributed by atoms with E-state index in [9.17, 15) is 0 Å². The van der Waals surface area contributed by atoms with Gasteiger partial charge in [-0.2, -0.15) is 0 Å². The average Bonchev–Trinajstić information content (AvgIpc) is 2.27. The van der Waals surface area contributed by atoms with Crippen molar-refractivity contribution >= 4 is 5.69 Å². The van der Waals surface area contributed by atoms with Crippen molar-refractivity contribution in [3.63, 3.8) is 0 Å². The molecule has 0 saturated carbocycles. The van der Waals surface area contributed by atoms with Crippen molar-refractivity contribution in [1.29, 1.82) is 0 Å². The quantitative estimate of drug-likeness (QED) is 0.657. The summed E-state index contributed by atoms with van der Waals surface area (Å²) in [6.07, 6.45) is 1.28. The van der Waals surface area contributed by atoms with Gasteiger partial charge in [-0.15, -0.1) is 0 Å². The molecule has 0 fully saturated rings. The normalized spacial score (nSPS) is 31.5. The van der Waals surface area contributed by atoms with Gasteiger partial charge in [-0.05, 0) is 36.8 Å². The van der Waals surface area contributed by atoms with Crippen LogP contribution in [-0.4, -0.2) is 6.04 Å². The minimum Gasteiger partial charge on any atom is -0.382 e. The standard InChI is InChI=1S/C13H19N/c1-9-8-10(2)12-6-4-5-7-13(12)14-11(9)3/h4-7,9-11,14H,8H2,1-3H3. The number of rotatable bonds is 0. The van der Waals surface area contributed by atoms with Gasteiger partial charge >= 0.3 is 0 Å². The Morgan fingerprint density at radius 3 is 2.64 bits per heavy atom. The molecular weight excluding hydrogens is 170 g/mol. The van der Waals surface area contributed by atoms with E-state index in [0.29, 0.717) is 12.0 Å². The average molecular weight is 189 g/mol. The lowest BCUT2D eigenvalue weighted by Crippen LogP contribution is -2.22. The van der Waals surface area contributed by atoms with E-state index in [2.05, 4.69) is 50.4 Å². The van der Waals surface area contributed by atoms with Crippen molar-refractivity contribution in [2.24, 2.45) is 5.92 Å². The number of fused-ring (bicyclic) bond motifs is 1. The molecular formula is C13H19N. The lowest BCUT2D eigenvalue weighted by molar-refractivity contribution is 0.450. The topological polar surface area (TPSA) is 12.0 Å². The molecule has 1 aromatic carbocycles. The molecule has 1 aliphatic heterocycles. The summed E-state index contributed by atoms with van der Waals surface area (Å²) < 4.78 is 0. The Bertz CT molecular complexity index is 319. The zero-order valence-corrected chi connectivity index (χ0v) is 9.25. The molecule has 0 saturated heterocycles. The third kappa shape index (κ3) is 1.63. The molecule has 1 aromatic rings. The van der Waals surface area contributed by atoms with Crippen LogP contribution in [0.5, 0.6) is 0 Å². The zero-order valence-electron chi connectivity index (χ0n) is 9.25. The van der Waals surface area contributed by atoms with E-state index in [1.54, 1.807) is 0 Å². The number of benzene rings is 1. The van der Waals surface area contributed by atoms with Crippen LogP contribution < -0.4 is 5.32 Å². The predicted molar refractivity (Wildman–Crippen MR) is 61.7 cm³/mol. The Morgan fingerprint density at radius 2 is 1.86 bits per heavy atom. The number of nitrogens with one attached hydrogen (secondary N) is 1. The summed E-state index contributed by atoms with van der Waals surface area (Å²) >= 11 is 0. The van der Waals surface area contributed by atoms with E-state index in [-0.39, 0.29) is 0 Å². The minimum absolute atomic E-state index is 0.584. The Balaban J connectivity index is 2.38. The van der Waals surface area contributed by atoms with E-state index < -0.39 is 0 Å². The second-order valence-electron chi connectivity index (χ2n) is 4.63. The molecule has 0 radical (unpaired) electrons. The molecule has 1 heterocycles. The van der Waals surface area contributed by atoms with Gasteiger partial charge in [0.05, 0.1) is 0 Å². The molecule has 3 atom stereocenters. The van der Waals surface area contributed by atoms with Gasteiger partial charge in [-0.3, -0.25) is 0 Å². The van der Waals surface area contributed by atoms with Gasteiger partial charge in [-0.25, -0.2) is 0 Å². The number of anilines is 1. The van der Waals surface area contributed by atoms with Crippen molar-refractivity contribution in [1.82, 2.24) is 0 Å². The summed E-state index contributed by atoms with van der Waals surface area (Å²) in [5.41, 5.74) is 2.81. The molecule has 2 rings (SSSR count). The van der Waals surface area contributed by atoms with Crippen LogP contribution >= 0.6 is 0 Å². The molecule has 0 aliphatic carbocycles. The molecule has 14 heavy (non-hydrogen) atoms. The highest BCUT2D eigenvalue weighted by atomic mass is 14.9. The highest BCUT2D eigenvalue weighted by molar-refractivity contribution is 5.54. The van der Waals surface area contributed by atoms with Gasteiger partial charge in [0.25, 0.3) is 0 Å². The summed E-state index contributed by atoms with van der Waals surface area (Å²) in [6, 6.07) is 9.28. The predicted octanol–water partition coefficient (Wildman–Crippen LogP) is 3.63. The first-order valence-electron chi connectivity index (χ1n) is 5.54. The molecule has 1 heteroatoms. The van der Waals surface area contributed by atoms with Crippen molar-refractivity contribution in [2.75, 3.05) is 5.32 Å². The molecule has 0 amide bonds. The SMILES string of the molecule is CC1CC(C)C(C)Nc2ccccc21. The van der Waals surface area contributed by atoms with Crippen LogP contribution in [0.3, 0.4) is 0 Å². The van der Waals surface area contributed by atoms with Crippen LogP contribution in [-0.2, 0) is 0 Å². The maximum Gasteiger partial charge on any atom is 0.0377 e. The molecule has 0 bridgehead atoms. The molecule has 1 N–H and O–H groups in total. The second-order valence-corrected chi connectivity index (χ2v) is 4.63. The van der Waals surface area contributed by atoms with Crippen LogP contribution in [0.25, 0.3) is 0 Å². The summed E-state index contributed by atoms with van der Waals surface area (Å²) in [6.45, 7) is 6.94. The third-order valence-electron chi connectivity index (χ3n) is 3.45. The van der Waals surface area contributed by atoms with Gasteiger partial charge in [0.1, 0.15) is 0 Å². The summed E-state index contributed by atoms with van der Waals surface area (Å²) in [4.78, 5) is 0. The highest BCUT2D eigenvalue weighted by Crippen LogP contribution is 2.34. The first-order valence-corrected chi connectivity index (χ1v) is 5.54. The first-order chi connectivity index (χ1) is 6.68. The van der Waals surface area contributed by atoms with Crippen molar-refractivity contribution in [2.45, 2.75) is 39.2 Å². The summed E-state index contributed by atoms with van der Waals surface area (Å²) in [5.74, 6) is 1.43. The molecule has 1 aliphatic rings. The van der Waals surface area contributed by atoms with E-state index >= 15 is 0 Å². The summed E-state index contributed by atoms with van der Waals surface area (Å²) in [5, 5.41) is 3.60. The Hall–Kier alpha value is -0.980. The highest BCUT2D eigenvalue weighted by Gasteiger charge is 2.22. The van der Waals surface area contributed by atoms with Crippen LogP contribution in [0.4, 0.5) is 5.69 Å². The molecule has 3 unspecified atom stereocenters. The van der Waals surface area contributed by atoms with Gasteiger partial charge in [0.2, 0.25) is 0 Å². The molecule has 1 nitrogen and oxygen atoms in total. The number of hydrogen-bond acceptors (Lipinski definition) is 1. The Morgan fingerprint density at radius 1 is 1.14 bits per heavy atom. The first kappa shape index (κ1) is 9.57. The zero-order chi connectivity index (χ0) is 10.1. The van der Waals surface area contributed by atoms with E-state index in [4.69, 9.17) is 0 Å². The molecule has 0 aromatic heterocycles. The van der Waals surface area contributed by atoms with E-state index in [1.807, 2.05) is 0 Å². The molecule has 76 valence electrons. The number of hydrogen-bond donors (Lipinski definition) is 1. The van der Waals surface area contributed by atoms with Crippen LogP contribution in [0.2, 0.25) is 0 Å². The fraction of sp³-hybridized carbons (Fsp3) is 0.538. The smallest absolute Gasteiger partial charge is 0.0377 e. The lowest BCUT2D eigenvalue weighted by Gasteiger charge is -2.19. The van der Waals surface area contributed by atoms with Gasteiger partial charge in [0.15, 0.2) is 0 Å². The maximum atomic E-state index is 3.60. The van der Waals surface area contributed by atoms with Gasteiger partial charge in [0, 0.05) is 11.7 Å². The van der Waals surface area contributed by atoms with Crippen LogP contribution in [0.15, 0.2) is 24.3 Å². The Kier molecular flexibility index (Phi) is 2.49. The van der Waals surface area contributed by atoms with Crippen LogP contribution in [0.1, 0.15) is 38.7 Å². The summed E-state index contributed by atoms with van der Waals surface area (Å²) in [7, 11) is 0.